The van der Waals surface area contributed by atoms with Gasteiger partial charge >= 0.3 is 5.97 Å². The number of nitrogens with zero attached hydrogens (tertiary/aromatic N) is 3. The summed E-state index contributed by atoms with van der Waals surface area (Å²) in [4.78, 5) is 28.8. The molecule has 0 fully saturated rings. The van der Waals surface area contributed by atoms with Crippen LogP contribution in [0.2, 0.25) is 0 Å². The molecule has 0 saturated heterocycles. The Labute approximate surface area is 151 Å². The molecule has 134 valence electrons. The normalized spacial score (nSPS) is 11.0. The fourth-order valence-corrected chi connectivity index (χ4v) is 3.44. The minimum atomic E-state index is -0.472. The third-order valence-corrected chi connectivity index (χ3v) is 4.61. The van der Waals surface area contributed by atoms with E-state index < -0.39 is 5.97 Å². The van der Waals surface area contributed by atoms with Gasteiger partial charge in [0.15, 0.2) is 11.4 Å². The number of hydrogen-bond acceptors (Lipinski definition) is 5. The molecule has 0 spiro atoms. The molecule has 0 amide bonds. The topological polar surface area (TPSA) is 73.6 Å². The number of carbonyl (C=O) groups is 2. The van der Waals surface area contributed by atoms with Gasteiger partial charge in [-0.05, 0) is 62.9 Å². The Morgan fingerprint density at radius 2 is 1.85 bits per heavy atom. The number of rotatable bonds is 4. The summed E-state index contributed by atoms with van der Waals surface area (Å²) in [6.07, 6.45) is 3.35. The average Bonchev–Trinajstić information content (AvgIpc) is 2.89. The number of aromatic nitrogens is 3. The van der Waals surface area contributed by atoms with Crippen LogP contribution in [0.5, 0.6) is 0 Å². The van der Waals surface area contributed by atoms with Gasteiger partial charge in [-0.2, -0.15) is 5.10 Å². The summed E-state index contributed by atoms with van der Waals surface area (Å²) >= 11 is 0. The van der Waals surface area contributed by atoms with E-state index in [9.17, 15) is 9.59 Å². The van der Waals surface area contributed by atoms with Crippen LogP contribution >= 0.6 is 0 Å². The monoisotopic (exact) mass is 351 g/mol. The lowest BCUT2D eigenvalue weighted by molar-refractivity contribution is 0.0472. The SMILES string of the molecule is CC(=O)c1c(C)cc(C)c(COC(=O)c2c(C)nn3cccnc23)c1C. The van der Waals surface area contributed by atoms with Gasteiger partial charge in [-0.25, -0.2) is 14.3 Å². The van der Waals surface area contributed by atoms with E-state index in [1.54, 1.807) is 36.8 Å². The minimum Gasteiger partial charge on any atom is -0.457 e. The van der Waals surface area contributed by atoms with Crippen molar-refractivity contribution in [2.75, 3.05) is 0 Å². The van der Waals surface area contributed by atoms with Crippen LogP contribution in [0, 0.1) is 27.7 Å². The maximum absolute atomic E-state index is 12.6. The quantitative estimate of drug-likeness (QED) is 0.531. The van der Waals surface area contributed by atoms with Gasteiger partial charge in [0.2, 0.25) is 0 Å². The zero-order valence-electron chi connectivity index (χ0n) is 15.6. The molecule has 2 aromatic heterocycles. The summed E-state index contributed by atoms with van der Waals surface area (Å²) in [5.41, 5.74) is 5.73. The van der Waals surface area contributed by atoms with Crippen LogP contribution in [-0.2, 0) is 11.3 Å². The Morgan fingerprint density at radius 1 is 1.12 bits per heavy atom. The summed E-state index contributed by atoms with van der Waals surface area (Å²) in [7, 11) is 0. The molecule has 0 aliphatic rings. The second-order valence-electron chi connectivity index (χ2n) is 6.47. The van der Waals surface area contributed by atoms with E-state index in [4.69, 9.17) is 4.74 Å². The Hall–Kier alpha value is -3.02. The van der Waals surface area contributed by atoms with Gasteiger partial charge in [-0.15, -0.1) is 0 Å². The van der Waals surface area contributed by atoms with Gasteiger partial charge in [0.05, 0.1) is 5.69 Å². The first kappa shape index (κ1) is 17.8. The summed E-state index contributed by atoms with van der Waals surface area (Å²) < 4.78 is 7.11. The number of benzene rings is 1. The molecular weight excluding hydrogens is 330 g/mol. The minimum absolute atomic E-state index is 0.00949. The fraction of sp³-hybridized carbons (Fsp3) is 0.300. The number of esters is 1. The molecule has 0 bridgehead atoms. The van der Waals surface area contributed by atoms with Crippen LogP contribution < -0.4 is 0 Å². The Bertz CT molecular complexity index is 1030. The largest absolute Gasteiger partial charge is 0.457 e. The molecule has 0 N–H and O–H groups in total. The Kier molecular flexibility index (Phi) is 4.59. The van der Waals surface area contributed by atoms with Gasteiger partial charge in [0.1, 0.15) is 12.2 Å². The predicted molar refractivity (Wildman–Crippen MR) is 97.5 cm³/mol. The van der Waals surface area contributed by atoms with Crippen LogP contribution in [0.1, 0.15) is 55.6 Å². The molecule has 26 heavy (non-hydrogen) atoms. The summed E-state index contributed by atoms with van der Waals surface area (Å²) in [6, 6.07) is 3.70. The third-order valence-electron chi connectivity index (χ3n) is 4.61. The molecule has 0 unspecified atom stereocenters. The lowest BCUT2D eigenvalue weighted by atomic mass is 9.92. The highest BCUT2D eigenvalue weighted by atomic mass is 16.5. The van der Waals surface area contributed by atoms with Crippen LogP contribution in [0.25, 0.3) is 5.65 Å². The van der Waals surface area contributed by atoms with Crippen LogP contribution in [-0.4, -0.2) is 26.4 Å². The van der Waals surface area contributed by atoms with E-state index in [0.717, 1.165) is 22.3 Å². The molecule has 3 rings (SSSR count). The van der Waals surface area contributed by atoms with Crippen molar-refractivity contribution in [1.29, 1.82) is 0 Å². The summed E-state index contributed by atoms with van der Waals surface area (Å²) in [6.45, 7) is 9.16. The lowest BCUT2D eigenvalue weighted by Gasteiger charge is -2.16. The number of fused-ring (bicyclic) bond motifs is 1. The molecule has 0 aliphatic carbocycles. The molecule has 1 aromatic carbocycles. The standard InChI is InChI=1S/C20H21N3O3/c1-11-9-12(2)17(15(5)24)13(3)16(11)10-26-20(25)18-14(4)22-23-8-6-7-21-19(18)23/h6-9H,10H2,1-5H3. The van der Waals surface area contributed by atoms with Gasteiger partial charge in [-0.1, -0.05) is 6.07 Å². The highest BCUT2D eigenvalue weighted by Gasteiger charge is 2.21. The van der Waals surface area contributed by atoms with Gasteiger partial charge in [0.25, 0.3) is 0 Å². The van der Waals surface area contributed by atoms with Crippen molar-refractivity contribution >= 4 is 17.4 Å². The number of hydrogen-bond donors (Lipinski definition) is 0. The van der Waals surface area contributed by atoms with Crippen LogP contribution in [0.15, 0.2) is 24.5 Å². The van der Waals surface area contributed by atoms with Crippen LogP contribution in [0.4, 0.5) is 0 Å². The molecule has 0 saturated carbocycles. The van der Waals surface area contributed by atoms with E-state index in [1.165, 1.54) is 0 Å². The van der Waals surface area contributed by atoms with E-state index >= 15 is 0 Å². The Morgan fingerprint density at radius 3 is 2.54 bits per heavy atom. The molecule has 0 radical (unpaired) electrons. The first-order valence-electron chi connectivity index (χ1n) is 8.39. The zero-order valence-corrected chi connectivity index (χ0v) is 15.6. The highest BCUT2D eigenvalue weighted by Crippen LogP contribution is 2.24. The van der Waals surface area contributed by atoms with Gasteiger partial charge < -0.3 is 4.74 Å². The molecule has 6 nitrogen and oxygen atoms in total. The summed E-state index contributed by atoms with van der Waals surface area (Å²) in [5, 5.41) is 4.28. The van der Waals surface area contributed by atoms with Crippen molar-refractivity contribution in [3.8, 4) is 0 Å². The van der Waals surface area contributed by atoms with Crippen molar-refractivity contribution in [2.45, 2.75) is 41.2 Å². The van der Waals surface area contributed by atoms with Crippen molar-refractivity contribution in [1.82, 2.24) is 14.6 Å². The third kappa shape index (κ3) is 2.98. The molecule has 3 aromatic rings. The van der Waals surface area contributed by atoms with Crippen LogP contribution in [0.3, 0.4) is 0 Å². The van der Waals surface area contributed by atoms with Gasteiger partial charge in [-0.3, -0.25) is 4.79 Å². The maximum Gasteiger partial charge on any atom is 0.344 e. The number of ketones is 1. The first-order valence-corrected chi connectivity index (χ1v) is 8.39. The summed E-state index contributed by atoms with van der Waals surface area (Å²) in [5.74, 6) is -0.463. The lowest BCUT2D eigenvalue weighted by Crippen LogP contribution is -2.11. The first-order chi connectivity index (χ1) is 12.3. The second-order valence-corrected chi connectivity index (χ2v) is 6.47. The van der Waals surface area contributed by atoms with Crippen molar-refractivity contribution < 1.29 is 14.3 Å². The second kappa shape index (κ2) is 6.71. The smallest absolute Gasteiger partial charge is 0.344 e. The molecule has 0 atom stereocenters. The number of ether oxygens (including phenoxy) is 1. The van der Waals surface area contributed by atoms with E-state index in [-0.39, 0.29) is 12.4 Å². The predicted octanol–water partition coefficient (Wildman–Crippen LogP) is 3.52. The fourth-order valence-electron chi connectivity index (χ4n) is 3.44. The van der Waals surface area contributed by atoms with E-state index in [2.05, 4.69) is 10.1 Å². The Balaban J connectivity index is 1.92. The van der Waals surface area contributed by atoms with E-state index in [0.29, 0.717) is 22.5 Å². The highest BCUT2D eigenvalue weighted by molar-refractivity contribution is 5.98. The van der Waals surface area contributed by atoms with Crippen molar-refractivity contribution in [3.63, 3.8) is 0 Å². The zero-order chi connectivity index (χ0) is 19.0. The van der Waals surface area contributed by atoms with E-state index in [1.807, 2.05) is 26.8 Å². The maximum atomic E-state index is 12.6. The van der Waals surface area contributed by atoms with Crippen molar-refractivity contribution in [2.24, 2.45) is 0 Å². The van der Waals surface area contributed by atoms with Gasteiger partial charge in [0, 0.05) is 18.0 Å². The number of Topliss-reactive ketones (excluding diaryl/α,β-unsaturated/α-hetero) is 1. The average molecular weight is 351 g/mol. The number of aryl methyl sites for hydroxylation is 3. The van der Waals surface area contributed by atoms with Crippen molar-refractivity contribution in [3.05, 3.63) is 63.6 Å². The molecule has 6 heteroatoms. The number of carbonyl (C=O) groups excluding carboxylic acids is 2. The molecule has 0 aliphatic heterocycles. The molecule has 2 heterocycles. The molecular formula is C20H21N3O3.